The summed E-state index contributed by atoms with van der Waals surface area (Å²) in [5, 5.41) is 4.90. The molecule has 2 heterocycles. The number of halogens is 1. The van der Waals surface area contributed by atoms with Crippen LogP contribution in [-0.4, -0.2) is 9.90 Å². The molecule has 4 aromatic rings. The third-order valence-corrected chi connectivity index (χ3v) is 4.12. The standard InChI is InChI=1S/C17H12ClN3O/c1-11-10-16-17(22)20(13-8-6-12(18)7-9-13)19-21(16)15-5-3-2-4-14(11)15/h2-10H,1H3/p+1. The van der Waals surface area contributed by atoms with E-state index >= 15 is 0 Å². The van der Waals surface area contributed by atoms with Crippen LogP contribution in [0.1, 0.15) is 5.56 Å². The molecule has 0 saturated heterocycles. The monoisotopic (exact) mass is 310 g/mol. The Bertz CT molecular complexity index is 1060. The minimum absolute atomic E-state index is 0.0869. The van der Waals surface area contributed by atoms with E-state index in [0.29, 0.717) is 10.5 Å². The van der Waals surface area contributed by atoms with Gasteiger partial charge in [0.25, 0.3) is 0 Å². The topological polar surface area (TPSA) is 41.9 Å². The van der Waals surface area contributed by atoms with E-state index in [4.69, 9.17) is 11.6 Å². The van der Waals surface area contributed by atoms with Crippen molar-refractivity contribution < 1.29 is 4.52 Å². The molecule has 0 amide bonds. The van der Waals surface area contributed by atoms with E-state index < -0.39 is 0 Å². The Labute approximate surface area is 131 Å². The molecule has 0 aliphatic carbocycles. The van der Waals surface area contributed by atoms with Crippen LogP contribution >= 0.6 is 11.6 Å². The number of aryl methyl sites for hydroxylation is 1. The number of hydrogen-bond acceptors (Lipinski definition) is 1. The van der Waals surface area contributed by atoms with Crippen molar-refractivity contribution in [2.24, 2.45) is 0 Å². The lowest BCUT2D eigenvalue weighted by atomic mass is 10.1. The number of fused-ring (bicyclic) bond motifs is 3. The largest absolute Gasteiger partial charge is 0.406 e. The van der Waals surface area contributed by atoms with Gasteiger partial charge in [-0.15, -0.1) is 4.52 Å². The molecule has 2 aromatic heterocycles. The molecule has 2 aromatic carbocycles. The number of H-pyrrole nitrogens is 1. The van der Waals surface area contributed by atoms with Gasteiger partial charge in [0.1, 0.15) is 0 Å². The highest BCUT2D eigenvalue weighted by Crippen LogP contribution is 2.16. The lowest BCUT2D eigenvalue weighted by molar-refractivity contribution is -0.555. The van der Waals surface area contributed by atoms with Gasteiger partial charge in [0.15, 0.2) is 11.2 Å². The molecular formula is C17H13ClN3O+. The lowest BCUT2D eigenvalue weighted by Crippen LogP contribution is -2.26. The molecule has 0 unspecified atom stereocenters. The van der Waals surface area contributed by atoms with Gasteiger partial charge < -0.3 is 0 Å². The molecular weight excluding hydrogens is 298 g/mol. The van der Waals surface area contributed by atoms with Gasteiger partial charge in [-0.25, -0.2) is 4.79 Å². The zero-order chi connectivity index (χ0) is 15.3. The van der Waals surface area contributed by atoms with Crippen molar-refractivity contribution in [3.8, 4) is 5.69 Å². The van der Waals surface area contributed by atoms with Gasteiger partial charge in [-0.2, -0.15) is 0 Å². The van der Waals surface area contributed by atoms with Crippen LogP contribution in [0.15, 0.2) is 59.4 Å². The lowest BCUT2D eigenvalue weighted by Gasteiger charge is -1.99. The van der Waals surface area contributed by atoms with Gasteiger partial charge in [-0.05, 0) is 48.9 Å². The van der Waals surface area contributed by atoms with Crippen LogP contribution in [0.3, 0.4) is 0 Å². The second-order valence-corrected chi connectivity index (χ2v) is 5.72. The first kappa shape index (κ1) is 13.1. The summed E-state index contributed by atoms with van der Waals surface area (Å²) >= 11 is 5.91. The molecule has 5 heteroatoms. The Kier molecular flexibility index (Phi) is 2.81. The smallest absolute Gasteiger partial charge is 0.234 e. The maximum atomic E-state index is 12.7. The zero-order valence-corrected chi connectivity index (χ0v) is 12.6. The molecule has 0 radical (unpaired) electrons. The summed E-state index contributed by atoms with van der Waals surface area (Å²) in [7, 11) is 0. The van der Waals surface area contributed by atoms with E-state index in [1.807, 2.05) is 47.8 Å². The summed E-state index contributed by atoms with van der Waals surface area (Å²) in [6.07, 6.45) is 0. The van der Waals surface area contributed by atoms with E-state index in [0.717, 1.165) is 22.2 Å². The van der Waals surface area contributed by atoms with Crippen LogP contribution in [0.2, 0.25) is 5.02 Å². The quantitative estimate of drug-likeness (QED) is 0.540. The number of aromatic amines is 1. The van der Waals surface area contributed by atoms with Gasteiger partial charge in [-0.1, -0.05) is 39.7 Å². The summed E-state index contributed by atoms with van der Waals surface area (Å²) in [6, 6.07) is 17.1. The summed E-state index contributed by atoms with van der Waals surface area (Å²) in [6.45, 7) is 2.02. The van der Waals surface area contributed by atoms with Gasteiger partial charge in [0, 0.05) is 10.4 Å². The van der Waals surface area contributed by atoms with Crippen LogP contribution in [-0.2, 0) is 0 Å². The van der Waals surface area contributed by atoms with Crippen LogP contribution in [0, 0.1) is 6.92 Å². The average molecular weight is 311 g/mol. The van der Waals surface area contributed by atoms with Gasteiger partial charge >= 0.3 is 5.56 Å². The van der Waals surface area contributed by atoms with E-state index in [2.05, 4.69) is 11.3 Å². The van der Waals surface area contributed by atoms with Crippen LogP contribution < -0.4 is 10.1 Å². The molecule has 4 nitrogen and oxygen atoms in total. The third-order valence-electron chi connectivity index (χ3n) is 3.87. The fourth-order valence-electron chi connectivity index (χ4n) is 2.77. The van der Waals surface area contributed by atoms with Crippen molar-refractivity contribution in [2.45, 2.75) is 6.92 Å². The SMILES string of the molecule is Cc1cc2c(=O)n(-c3ccc(Cl)cc3)[nH][n+]2c2ccccc12. The Balaban J connectivity index is 2.11. The zero-order valence-electron chi connectivity index (χ0n) is 11.9. The van der Waals surface area contributed by atoms with Crippen molar-refractivity contribution in [3.63, 3.8) is 0 Å². The molecule has 22 heavy (non-hydrogen) atoms. The van der Waals surface area contributed by atoms with E-state index in [1.165, 1.54) is 4.68 Å². The first-order valence-electron chi connectivity index (χ1n) is 6.96. The van der Waals surface area contributed by atoms with Crippen molar-refractivity contribution in [1.82, 2.24) is 9.90 Å². The number of nitrogens with zero attached hydrogens (tertiary/aromatic N) is 2. The number of para-hydroxylation sites is 1. The second-order valence-electron chi connectivity index (χ2n) is 5.28. The first-order chi connectivity index (χ1) is 10.6. The maximum Gasteiger partial charge on any atom is 0.406 e. The van der Waals surface area contributed by atoms with Gasteiger partial charge in [0.2, 0.25) is 5.52 Å². The molecule has 1 N–H and O–H groups in total. The number of rotatable bonds is 1. The number of aromatic nitrogens is 3. The number of pyridine rings is 1. The van der Waals surface area contributed by atoms with Crippen molar-refractivity contribution in [3.05, 3.63) is 75.5 Å². The van der Waals surface area contributed by atoms with Crippen LogP contribution in [0.25, 0.3) is 22.1 Å². The van der Waals surface area contributed by atoms with Crippen molar-refractivity contribution in [2.75, 3.05) is 0 Å². The van der Waals surface area contributed by atoms with Gasteiger partial charge in [-0.3, -0.25) is 0 Å². The molecule has 0 aliphatic rings. The number of hydrogen-bond donors (Lipinski definition) is 1. The molecule has 0 bridgehead atoms. The predicted octanol–water partition coefficient (Wildman–Crippen LogP) is 3.02. The highest BCUT2D eigenvalue weighted by atomic mass is 35.5. The summed E-state index contributed by atoms with van der Waals surface area (Å²) in [5.74, 6) is 0. The minimum atomic E-state index is -0.0869. The highest BCUT2D eigenvalue weighted by molar-refractivity contribution is 6.30. The van der Waals surface area contributed by atoms with E-state index in [-0.39, 0.29) is 5.56 Å². The highest BCUT2D eigenvalue weighted by Gasteiger charge is 2.19. The van der Waals surface area contributed by atoms with Crippen molar-refractivity contribution in [1.29, 1.82) is 0 Å². The fraction of sp³-hybridized carbons (Fsp3) is 0.0588. The average Bonchev–Trinajstić information content (AvgIpc) is 2.86. The number of nitrogens with one attached hydrogen (secondary N) is 1. The summed E-state index contributed by atoms with van der Waals surface area (Å²) < 4.78 is 3.34. The van der Waals surface area contributed by atoms with Crippen LogP contribution in [0.5, 0.6) is 0 Å². The summed E-state index contributed by atoms with van der Waals surface area (Å²) in [5.41, 5.74) is 3.33. The van der Waals surface area contributed by atoms with E-state index in [1.54, 1.807) is 12.1 Å². The normalized spacial score (nSPS) is 11.4. The molecule has 0 atom stereocenters. The Morgan fingerprint density at radius 2 is 1.77 bits per heavy atom. The first-order valence-corrected chi connectivity index (χ1v) is 7.34. The van der Waals surface area contributed by atoms with Gasteiger partial charge in [0.05, 0.1) is 0 Å². The third kappa shape index (κ3) is 1.84. The second kappa shape index (κ2) is 4.71. The predicted molar refractivity (Wildman–Crippen MR) is 86.8 cm³/mol. The van der Waals surface area contributed by atoms with E-state index in [9.17, 15) is 4.79 Å². The molecule has 108 valence electrons. The molecule has 4 rings (SSSR count). The molecule has 0 fully saturated rings. The summed E-state index contributed by atoms with van der Waals surface area (Å²) in [4.78, 5) is 12.7. The minimum Gasteiger partial charge on any atom is -0.234 e. The van der Waals surface area contributed by atoms with Crippen LogP contribution in [0.4, 0.5) is 0 Å². The fourth-order valence-corrected chi connectivity index (χ4v) is 2.90. The number of benzene rings is 2. The molecule has 0 aliphatic heterocycles. The Morgan fingerprint density at radius 1 is 1.05 bits per heavy atom. The Morgan fingerprint density at radius 3 is 2.55 bits per heavy atom. The van der Waals surface area contributed by atoms with Crippen molar-refractivity contribution >= 4 is 28.0 Å². The maximum absolute atomic E-state index is 12.7. The molecule has 0 spiro atoms. The Hall–Kier alpha value is -2.59. The molecule has 0 saturated carbocycles.